The lowest BCUT2D eigenvalue weighted by atomic mass is 9.55. The molecule has 1 aliphatic carbocycles. The standard InChI is InChI=1S/C37H55BClNO4.CHNO/c1-34(2,3)37(8,24-12-13-25-38-43-35(4,5)36(6,7)44-38)30-18-22-32(23-19-30)40(26-28-16-20-31(39)21-17-28)33(41)42-27-29-14-10-9-11-15-29;2-1-3/h9-11,14-17,20-21,30,32H,12-13,18-19,22-27H2,1-8H3;2H. The second-order valence-corrected chi connectivity index (χ2v) is 15.9. The molecule has 2 aliphatic rings. The Hall–Kier alpha value is -2.64. The molecule has 0 aromatic heterocycles. The Labute approximate surface area is 288 Å². The van der Waals surface area contributed by atoms with Crippen LogP contribution in [0.3, 0.4) is 0 Å². The van der Waals surface area contributed by atoms with E-state index in [0.717, 1.165) is 62.1 Å². The molecule has 0 bridgehead atoms. The fourth-order valence-electron chi connectivity index (χ4n) is 7.03. The Kier molecular flexibility index (Phi) is 13.8. The fourth-order valence-corrected chi connectivity index (χ4v) is 7.16. The third-order valence-corrected chi connectivity index (χ3v) is 11.4. The first-order valence-corrected chi connectivity index (χ1v) is 17.5. The molecule has 4 rings (SSSR count). The molecule has 2 aromatic carbocycles. The lowest BCUT2D eigenvalue weighted by Gasteiger charge is -2.51. The van der Waals surface area contributed by atoms with Gasteiger partial charge < -0.3 is 18.9 Å². The van der Waals surface area contributed by atoms with Gasteiger partial charge in [-0.1, -0.05) is 94.6 Å². The number of benzene rings is 2. The number of hydrogen-bond acceptors (Lipinski definition) is 6. The quantitative estimate of drug-likeness (QED) is 0.112. The van der Waals surface area contributed by atoms with E-state index in [4.69, 9.17) is 35.9 Å². The number of nitrogens with one attached hydrogen (secondary N) is 1. The van der Waals surface area contributed by atoms with Gasteiger partial charge in [-0.05, 0) is 106 Å². The van der Waals surface area contributed by atoms with Gasteiger partial charge in [0.25, 0.3) is 0 Å². The van der Waals surface area contributed by atoms with E-state index in [1.54, 1.807) is 0 Å². The summed E-state index contributed by atoms with van der Waals surface area (Å²) < 4.78 is 18.4. The normalized spacial score (nSPS) is 21.5. The fraction of sp³-hybridized carbons (Fsp3) is 0.632. The highest BCUT2D eigenvalue weighted by Gasteiger charge is 2.51. The molecule has 0 spiro atoms. The minimum Gasteiger partial charge on any atom is -0.445 e. The van der Waals surface area contributed by atoms with Gasteiger partial charge in [-0.2, -0.15) is 0 Å². The van der Waals surface area contributed by atoms with Crippen molar-refractivity contribution in [3.8, 4) is 0 Å². The molecule has 1 aliphatic heterocycles. The highest BCUT2D eigenvalue weighted by Crippen LogP contribution is 2.53. The number of unbranched alkanes of at least 4 members (excludes halogenated alkanes) is 1. The monoisotopic (exact) mass is 666 g/mol. The molecular formula is C38H56BClN2O5. The molecule has 2 aromatic rings. The number of hydrogen-bond donors (Lipinski definition) is 1. The summed E-state index contributed by atoms with van der Waals surface area (Å²) in [5.74, 6) is 0.605. The van der Waals surface area contributed by atoms with Crippen molar-refractivity contribution < 1.29 is 23.6 Å². The van der Waals surface area contributed by atoms with E-state index in [1.165, 1.54) is 6.42 Å². The lowest BCUT2D eigenvalue weighted by Crippen LogP contribution is -2.46. The van der Waals surface area contributed by atoms with Gasteiger partial charge in [0, 0.05) is 17.6 Å². The Morgan fingerprint density at radius 1 is 0.936 bits per heavy atom. The molecule has 2 fully saturated rings. The van der Waals surface area contributed by atoms with Crippen LogP contribution in [0.15, 0.2) is 54.6 Å². The van der Waals surface area contributed by atoms with Crippen LogP contribution in [0.4, 0.5) is 4.79 Å². The van der Waals surface area contributed by atoms with Crippen molar-refractivity contribution >= 4 is 30.9 Å². The van der Waals surface area contributed by atoms with Crippen molar-refractivity contribution in [2.45, 2.75) is 137 Å². The Morgan fingerprint density at radius 3 is 2.02 bits per heavy atom. The number of amides is 1. The molecule has 1 N–H and O–H groups in total. The second kappa shape index (κ2) is 16.7. The van der Waals surface area contributed by atoms with Gasteiger partial charge in [0.1, 0.15) is 6.61 Å². The van der Waals surface area contributed by atoms with Crippen molar-refractivity contribution in [1.29, 1.82) is 5.41 Å². The largest absolute Gasteiger partial charge is 0.457 e. The smallest absolute Gasteiger partial charge is 0.445 e. The first-order valence-electron chi connectivity index (χ1n) is 17.1. The van der Waals surface area contributed by atoms with Gasteiger partial charge >= 0.3 is 13.2 Å². The van der Waals surface area contributed by atoms with Gasteiger partial charge in [-0.15, -0.1) is 0 Å². The van der Waals surface area contributed by atoms with Gasteiger partial charge in [0.15, 0.2) is 0 Å². The van der Waals surface area contributed by atoms with E-state index in [-0.39, 0.29) is 47.9 Å². The molecule has 1 saturated carbocycles. The maximum Gasteiger partial charge on any atom is 0.457 e. The Balaban J connectivity index is 0.00000192. The lowest BCUT2D eigenvalue weighted by molar-refractivity contribution is -0.0129. The first kappa shape index (κ1) is 38.8. The zero-order valence-corrected chi connectivity index (χ0v) is 30.6. The van der Waals surface area contributed by atoms with E-state index in [2.05, 4.69) is 55.4 Å². The zero-order valence-electron chi connectivity index (χ0n) is 29.9. The summed E-state index contributed by atoms with van der Waals surface area (Å²) in [7, 11) is -0.121. The third-order valence-electron chi connectivity index (χ3n) is 11.1. The van der Waals surface area contributed by atoms with Crippen molar-refractivity contribution in [1.82, 2.24) is 4.90 Å². The summed E-state index contributed by atoms with van der Waals surface area (Å²) in [5, 5.41) is 6.10. The van der Waals surface area contributed by atoms with Gasteiger partial charge in [0.2, 0.25) is 6.08 Å². The topological polar surface area (TPSA) is 88.9 Å². The van der Waals surface area contributed by atoms with Crippen LogP contribution in [-0.2, 0) is 32.0 Å². The summed E-state index contributed by atoms with van der Waals surface area (Å²) in [6.45, 7) is 19.0. The Morgan fingerprint density at radius 2 is 1.49 bits per heavy atom. The van der Waals surface area contributed by atoms with Crippen LogP contribution in [0.5, 0.6) is 0 Å². The van der Waals surface area contributed by atoms with Crippen molar-refractivity contribution in [2.75, 3.05) is 0 Å². The maximum absolute atomic E-state index is 13.5. The predicted octanol–water partition coefficient (Wildman–Crippen LogP) is 10.3. The number of rotatable bonds is 11. The van der Waals surface area contributed by atoms with Crippen LogP contribution in [0.2, 0.25) is 11.3 Å². The van der Waals surface area contributed by atoms with Crippen molar-refractivity contribution in [3.63, 3.8) is 0 Å². The van der Waals surface area contributed by atoms with Crippen LogP contribution in [0.1, 0.15) is 111 Å². The molecule has 7 nitrogen and oxygen atoms in total. The molecular weight excluding hydrogens is 611 g/mol. The highest BCUT2D eigenvalue weighted by atomic mass is 35.5. The zero-order chi connectivity index (χ0) is 34.9. The number of isocyanates is 1. The van der Waals surface area contributed by atoms with Crippen LogP contribution in [0, 0.1) is 22.2 Å². The minimum atomic E-state index is -0.272. The average molecular weight is 667 g/mol. The number of carbonyl (C=O) groups is 1. The second-order valence-electron chi connectivity index (χ2n) is 15.5. The summed E-state index contributed by atoms with van der Waals surface area (Å²) in [4.78, 5) is 23.9. The van der Waals surface area contributed by atoms with Crippen molar-refractivity contribution in [2.24, 2.45) is 16.7 Å². The number of carbonyl (C=O) groups excluding carboxylic acids is 2. The van der Waals surface area contributed by atoms with Crippen molar-refractivity contribution in [3.05, 3.63) is 70.7 Å². The van der Waals surface area contributed by atoms with E-state index in [0.29, 0.717) is 17.5 Å². The van der Waals surface area contributed by atoms with Crippen LogP contribution < -0.4 is 0 Å². The van der Waals surface area contributed by atoms with E-state index < -0.39 is 0 Å². The summed E-state index contributed by atoms with van der Waals surface area (Å²) in [5.41, 5.74) is 1.89. The molecule has 1 amide bonds. The van der Waals surface area contributed by atoms with Crippen LogP contribution in [0.25, 0.3) is 0 Å². The Bertz CT molecular complexity index is 1280. The average Bonchev–Trinajstić information content (AvgIpc) is 3.23. The molecule has 1 heterocycles. The SMILES string of the molecule is CC(C)(C)C(C)(CCCCB1OC(C)(C)C(C)(C)O1)C1CCC(N(Cc2ccc(Cl)cc2)C(=O)OCc2ccccc2)CC1.N=C=O. The molecule has 258 valence electrons. The number of ether oxygens (including phenoxy) is 1. The minimum absolute atomic E-state index is 0.121. The third kappa shape index (κ3) is 10.4. The highest BCUT2D eigenvalue weighted by molar-refractivity contribution is 6.45. The molecule has 1 atom stereocenters. The molecule has 47 heavy (non-hydrogen) atoms. The first-order chi connectivity index (χ1) is 22.0. The van der Waals surface area contributed by atoms with E-state index in [1.807, 2.05) is 59.5 Å². The van der Waals surface area contributed by atoms with Gasteiger partial charge in [0.05, 0.1) is 11.2 Å². The van der Waals surface area contributed by atoms with Crippen LogP contribution in [-0.4, -0.2) is 41.4 Å². The van der Waals surface area contributed by atoms with E-state index >= 15 is 0 Å². The van der Waals surface area contributed by atoms with E-state index in [9.17, 15) is 4.79 Å². The van der Waals surface area contributed by atoms with Crippen LogP contribution >= 0.6 is 11.6 Å². The summed E-state index contributed by atoms with van der Waals surface area (Å²) in [6.07, 6.45) is 9.07. The molecule has 0 radical (unpaired) electrons. The number of nitrogens with zero attached hydrogens (tertiary/aromatic N) is 1. The molecule has 1 unspecified atom stereocenters. The summed E-state index contributed by atoms with van der Waals surface area (Å²) >= 11 is 6.16. The van der Waals surface area contributed by atoms with Gasteiger partial charge in [-0.25, -0.2) is 15.0 Å². The maximum atomic E-state index is 13.5. The molecule has 1 saturated heterocycles. The predicted molar refractivity (Wildman–Crippen MR) is 190 cm³/mol. The number of halogens is 1. The van der Waals surface area contributed by atoms with Gasteiger partial charge in [-0.3, -0.25) is 0 Å². The molecule has 9 heteroatoms. The summed E-state index contributed by atoms with van der Waals surface area (Å²) in [6, 6.07) is 17.8.